The van der Waals surface area contributed by atoms with Gasteiger partial charge in [-0.05, 0) is 12.8 Å². The van der Waals surface area contributed by atoms with E-state index in [1.54, 1.807) is 14.2 Å². The summed E-state index contributed by atoms with van der Waals surface area (Å²) in [4.78, 5) is 10.9. The standard InChI is InChI=1S/C13H26O6Si/c1-4-12(14)17-7-5-6-13(20,18-10-8-15-2)19-11-9-16-3/h4H,1,5-11H2,2-3,20H3. The van der Waals surface area contributed by atoms with Crippen LogP contribution in [0, 0.1) is 0 Å². The number of carbonyl (C=O) groups is 1. The number of hydrogen-bond donors (Lipinski definition) is 0. The molecule has 0 aliphatic carbocycles. The topological polar surface area (TPSA) is 63.2 Å². The van der Waals surface area contributed by atoms with Gasteiger partial charge in [-0.25, -0.2) is 4.79 Å². The van der Waals surface area contributed by atoms with E-state index in [-0.39, 0.29) is 0 Å². The molecule has 0 bridgehead atoms. The quantitative estimate of drug-likeness (QED) is 0.155. The van der Waals surface area contributed by atoms with Gasteiger partial charge in [0, 0.05) is 20.3 Å². The Morgan fingerprint density at radius 1 is 1.10 bits per heavy atom. The van der Waals surface area contributed by atoms with Crippen LogP contribution in [0.25, 0.3) is 0 Å². The molecule has 0 aliphatic heterocycles. The van der Waals surface area contributed by atoms with Crippen LogP contribution in [0.5, 0.6) is 0 Å². The second-order valence-corrected chi connectivity index (χ2v) is 5.82. The molecule has 0 aliphatic rings. The third-order valence-electron chi connectivity index (χ3n) is 2.58. The number of carbonyl (C=O) groups excluding carboxylic acids is 1. The highest BCUT2D eigenvalue weighted by atomic mass is 28.1. The maximum Gasteiger partial charge on any atom is 0.330 e. The van der Waals surface area contributed by atoms with Crippen LogP contribution in [0.3, 0.4) is 0 Å². The van der Waals surface area contributed by atoms with Gasteiger partial charge in [0.15, 0.2) is 0 Å². The van der Waals surface area contributed by atoms with Crippen molar-refractivity contribution in [3.8, 4) is 0 Å². The molecule has 0 spiro atoms. The van der Waals surface area contributed by atoms with Crippen LogP contribution in [-0.4, -0.2) is 68.9 Å². The fourth-order valence-corrected chi connectivity index (χ4v) is 2.25. The fourth-order valence-electron chi connectivity index (χ4n) is 1.49. The lowest BCUT2D eigenvalue weighted by Crippen LogP contribution is -2.39. The Morgan fingerprint density at radius 2 is 1.65 bits per heavy atom. The van der Waals surface area contributed by atoms with Gasteiger partial charge in [-0.15, -0.1) is 0 Å². The van der Waals surface area contributed by atoms with Gasteiger partial charge in [0.05, 0.1) is 43.3 Å². The highest BCUT2D eigenvalue weighted by Gasteiger charge is 2.25. The van der Waals surface area contributed by atoms with Crippen molar-refractivity contribution < 1.29 is 28.5 Å². The average Bonchev–Trinajstić information content (AvgIpc) is 2.44. The molecule has 0 aromatic heterocycles. The summed E-state index contributed by atoms with van der Waals surface area (Å²) in [5.74, 6) is -0.412. The van der Waals surface area contributed by atoms with Crippen molar-refractivity contribution in [3.05, 3.63) is 12.7 Å². The van der Waals surface area contributed by atoms with Gasteiger partial charge < -0.3 is 23.7 Å². The van der Waals surface area contributed by atoms with E-state index in [0.717, 1.165) is 6.08 Å². The van der Waals surface area contributed by atoms with E-state index in [1.165, 1.54) is 0 Å². The first kappa shape index (κ1) is 19.3. The minimum atomic E-state index is -0.600. The Balaban J connectivity index is 4.07. The molecule has 0 aromatic carbocycles. The smallest absolute Gasteiger partial charge is 0.330 e. The first-order valence-corrected chi connectivity index (χ1v) is 7.63. The van der Waals surface area contributed by atoms with E-state index >= 15 is 0 Å². The fraction of sp³-hybridized carbons (Fsp3) is 0.769. The van der Waals surface area contributed by atoms with Crippen molar-refractivity contribution in [3.63, 3.8) is 0 Å². The maximum atomic E-state index is 10.9. The Bertz CT molecular complexity index is 262. The predicted molar refractivity (Wildman–Crippen MR) is 78.7 cm³/mol. The van der Waals surface area contributed by atoms with E-state index in [2.05, 4.69) is 6.58 Å². The summed E-state index contributed by atoms with van der Waals surface area (Å²) < 4.78 is 26.4. The molecule has 0 fully saturated rings. The second-order valence-electron chi connectivity index (χ2n) is 4.29. The van der Waals surface area contributed by atoms with E-state index < -0.39 is 11.4 Å². The normalized spacial score (nSPS) is 11.5. The molecule has 0 aromatic rings. The number of methoxy groups -OCH3 is 2. The Labute approximate surface area is 123 Å². The Morgan fingerprint density at radius 3 is 2.10 bits per heavy atom. The minimum absolute atomic E-state index is 0.329. The molecule has 0 atom stereocenters. The van der Waals surface area contributed by atoms with Crippen LogP contribution in [0.15, 0.2) is 12.7 Å². The van der Waals surface area contributed by atoms with Gasteiger partial charge in [0.1, 0.15) is 5.41 Å². The lowest BCUT2D eigenvalue weighted by atomic mass is 10.3. The summed E-state index contributed by atoms with van der Waals surface area (Å²) >= 11 is 0. The van der Waals surface area contributed by atoms with Crippen molar-refractivity contribution in [1.82, 2.24) is 0 Å². The van der Waals surface area contributed by atoms with Gasteiger partial charge in [0.25, 0.3) is 0 Å². The van der Waals surface area contributed by atoms with E-state index in [0.29, 0.717) is 56.1 Å². The molecule has 0 radical (unpaired) electrons. The van der Waals surface area contributed by atoms with Gasteiger partial charge in [0.2, 0.25) is 0 Å². The van der Waals surface area contributed by atoms with Gasteiger partial charge in [-0.3, -0.25) is 0 Å². The summed E-state index contributed by atoms with van der Waals surface area (Å²) in [6, 6.07) is 0. The summed E-state index contributed by atoms with van der Waals surface area (Å²) in [6.07, 6.45) is 2.48. The van der Waals surface area contributed by atoms with Crippen LogP contribution in [0.2, 0.25) is 0 Å². The van der Waals surface area contributed by atoms with Crippen LogP contribution < -0.4 is 0 Å². The zero-order valence-corrected chi connectivity index (χ0v) is 14.7. The molecule has 0 saturated heterocycles. The number of hydrogen-bond acceptors (Lipinski definition) is 6. The monoisotopic (exact) mass is 306 g/mol. The molecule has 20 heavy (non-hydrogen) atoms. The number of rotatable bonds is 13. The zero-order valence-electron chi connectivity index (χ0n) is 12.7. The first-order chi connectivity index (χ1) is 9.58. The Kier molecular flexibility index (Phi) is 11.6. The molecule has 0 heterocycles. The van der Waals surface area contributed by atoms with Crippen LogP contribution in [0.1, 0.15) is 12.8 Å². The van der Waals surface area contributed by atoms with E-state index in [4.69, 9.17) is 23.7 Å². The first-order valence-electron chi connectivity index (χ1n) is 6.63. The Hall–Kier alpha value is -0.733. The highest BCUT2D eigenvalue weighted by Crippen LogP contribution is 2.16. The summed E-state index contributed by atoms with van der Waals surface area (Å²) in [5.41, 5.74) is -0.600. The van der Waals surface area contributed by atoms with Gasteiger partial charge >= 0.3 is 5.97 Å². The summed E-state index contributed by atoms with van der Waals surface area (Å²) in [5, 5.41) is 0. The van der Waals surface area contributed by atoms with Crippen LogP contribution >= 0.6 is 0 Å². The van der Waals surface area contributed by atoms with Gasteiger partial charge in [-0.1, -0.05) is 6.58 Å². The lowest BCUT2D eigenvalue weighted by molar-refractivity contribution is -0.194. The minimum Gasteiger partial charge on any atom is -0.463 e. The van der Waals surface area contributed by atoms with Crippen molar-refractivity contribution in [2.45, 2.75) is 18.3 Å². The molecule has 0 N–H and O–H groups in total. The predicted octanol–water partition coefficient (Wildman–Crippen LogP) is -0.159. The van der Waals surface area contributed by atoms with Crippen molar-refractivity contribution in [2.75, 3.05) is 47.3 Å². The molecule has 0 rings (SSSR count). The molecular formula is C13H26O6Si. The molecule has 6 nitrogen and oxygen atoms in total. The van der Waals surface area contributed by atoms with E-state index in [9.17, 15) is 4.79 Å². The molecule has 0 amide bonds. The lowest BCUT2D eigenvalue weighted by Gasteiger charge is -2.30. The maximum absolute atomic E-state index is 10.9. The van der Waals surface area contributed by atoms with E-state index in [1.807, 2.05) is 0 Å². The molecule has 0 saturated carbocycles. The van der Waals surface area contributed by atoms with Crippen molar-refractivity contribution in [2.24, 2.45) is 0 Å². The summed E-state index contributed by atoms with van der Waals surface area (Å²) in [6.45, 7) is 5.65. The molecule has 118 valence electrons. The second kappa shape index (κ2) is 12.0. The third-order valence-corrected chi connectivity index (χ3v) is 3.65. The average molecular weight is 306 g/mol. The number of esters is 1. The zero-order chi connectivity index (χ0) is 15.3. The van der Waals surface area contributed by atoms with Crippen LogP contribution in [0.4, 0.5) is 0 Å². The largest absolute Gasteiger partial charge is 0.463 e. The van der Waals surface area contributed by atoms with Gasteiger partial charge in [-0.2, -0.15) is 0 Å². The molecule has 0 unspecified atom stereocenters. The SMILES string of the molecule is C=CC(=O)OCCCC([SiH3])(OCCOC)OCCOC. The summed E-state index contributed by atoms with van der Waals surface area (Å²) in [7, 11) is 3.95. The van der Waals surface area contributed by atoms with Crippen molar-refractivity contribution >= 4 is 16.2 Å². The number of ether oxygens (including phenoxy) is 5. The van der Waals surface area contributed by atoms with Crippen molar-refractivity contribution in [1.29, 1.82) is 0 Å². The highest BCUT2D eigenvalue weighted by molar-refractivity contribution is 6.13. The third kappa shape index (κ3) is 10.1. The molecule has 7 heteroatoms. The molecular weight excluding hydrogens is 280 g/mol. The van der Waals surface area contributed by atoms with Crippen LogP contribution in [-0.2, 0) is 28.5 Å².